The minimum Gasteiger partial charge on any atom is -0.236 e. The van der Waals surface area contributed by atoms with Gasteiger partial charge >= 0.3 is 0 Å². The van der Waals surface area contributed by atoms with E-state index >= 15 is 0 Å². The monoisotopic (exact) mass is 363 g/mol. The Bertz CT molecular complexity index is 1120. The normalized spacial score (nSPS) is 21.2. The van der Waals surface area contributed by atoms with E-state index in [0.29, 0.717) is 12.0 Å². The van der Waals surface area contributed by atoms with E-state index in [1.54, 1.807) is 0 Å². The van der Waals surface area contributed by atoms with Gasteiger partial charge in [-0.15, -0.1) is 0 Å². The molecule has 0 spiro atoms. The van der Waals surface area contributed by atoms with Crippen LogP contribution in [0.2, 0.25) is 0 Å². The quantitative estimate of drug-likeness (QED) is 0.455. The second kappa shape index (κ2) is 5.68. The predicted octanol–water partition coefficient (Wildman–Crippen LogP) is 4.74. The van der Waals surface area contributed by atoms with Crippen LogP contribution in [0.4, 0.5) is 0 Å². The molecule has 7 rings (SSSR count). The lowest BCUT2D eigenvalue weighted by Crippen LogP contribution is -2.52. The minimum atomic E-state index is -0.0619. The maximum absolute atomic E-state index is 2.51. The van der Waals surface area contributed by atoms with Crippen LogP contribution < -0.4 is 4.57 Å². The maximum atomic E-state index is 2.51. The summed E-state index contributed by atoms with van der Waals surface area (Å²) in [5.41, 5.74) is 5.73. The smallest absolute Gasteiger partial charge is 0.236 e. The van der Waals surface area contributed by atoms with Gasteiger partial charge in [-0.25, -0.2) is 9.13 Å². The topological polar surface area (TPSA) is 8.81 Å². The lowest BCUT2D eigenvalue weighted by Gasteiger charge is -2.50. The first-order chi connectivity index (χ1) is 13.8. The highest BCUT2D eigenvalue weighted by atomic mass is 15.2. The Hall–Kier alpha value is -3.13. The van der Waals surface area contributed by atoms with Crippen LogP contribution in [-0.2, 0) is 12.5 Å². The van der Waals surface area contributed by atoms with Crippen molar-refractivity contribution in [1.82, 2.24) is 4.57 Å². The van der Waals surface area contributed by atoms with Gasteiger partial charge in [0, 0.05) is 17.4 Å². The molecule has 4 aromatic rings. The molecule has 0 N–H and O–H groups in total. The molecule has 0 saturated heterocycles. The number of hydrogen-bond acceptors (Lipinski definition) is 0. The van der Waals surface area contributed by atoms with Gasteiger partial charge in [0.05, 0.1) is 13.0 Å². The van der Waals surface area contributed by atoms with Crippen LogP contribution in [0.5, 0.6) is 0 Å². The van der Waals surface area contributed by atoms with Crippen LogP contribution in [0.1, 0.15) is 46.5 Å². The van der Waals surface area contributed by atoms with Crippen LogP contribution in [0, 0.1) is 0 Å². The fourth-order valence-electron chi connectivity index (χ4n) is 5.81. The van der Waals surface area contributed by atoms with E-state index in [-0.39, 0.29) is 5.41 Å². The van der Waals surface area contributed by atoms with Crippen molar-refractivity contribution in [2.24, 2.45) is 7.05 Å². The van der Waals surface area contributed by atoms with Crippen molar-refractivity contribution < 1.29 is 4.57 Å². The molecule has 3 aliphatic rings. The maximum Gasteiger partial charge on any atom is 0.265 e. The van der Waals surface area contributed by atoms with Gasteiger partial charge in [-0.2, -0.15) is 0 Å². The molecule has 28 heavy (non-hydrogen) atoms. The van der Waals surface area contributed by atoms with Crippen molar-refractivity contribution in [3.05, 3.63) is 125 Å². The summed E-state index contributed by atoms with van der Waals surface area (Å²) in [4.78, 5) is 0. The highest BCUT2D eigenvalue weighted by Gasteiger charge is 2.59. The first kappa shape index (κ1) is 15.9. The molecule has 136 valence electrons. The predicted molar refractivity (Wildman–Crippen MR) is 110 cm³/mol. The Balaban J connectivity index is 1.74. The van der Waals surface area contributed by atoms with E-state index in [1.807, 2.05) is 0 Å². The Labute approximate surface area is 165 Å². The van der Waals surface area contributed by atoms with Gasteiger partial charge in [-0.3, -0.25) is 0 Å². The van der Waals surface area contributed by atoms with Crippen molar-refractivity contribution in [2.75, 3.05) is 0 Å². The molecule has 2 bridgehead atoms. The second-order valence-electron chi connectivity index (χ2n) is 8.16. The third-order valence-corrected chi connectivity index (χ3v) is 6.92. The van der Waals surface area contributed by atoms with E-state index in [4.69, 9.17) is 0 Å². The summed E-state index contributed by atoms with van der Waals surface area (Å²) >= 11 is 0. The average molecular weight is 363 g/mol. The number of hydrogen-bond donors (Lipinski definition) is 0. The van der Waals surface area contributed by atoms with Crippen molar-refractivity contribution in [3.8, 4) is 0 Å². The van der Waals surface area contributed by atoms with Crippen LogP contribution in [-0.4, -0.2) is 4.57 Å². The number of nitrogens with zero attached hydrogens (tertiary/aromatic N) is 2. The number of aromatic nitrogens is 2. The zero-order chi connectivity index (χ0) is 18.7. The largest absolute Gasteiger partial charge is 0.265 e. The summed E-state index contributed by atoms with van der Waals surface area (Å²) in [6, 6.07) is 31.7. The molecular weight excluding hydrogens is 340 g/mol. The van der Waals surface area contributed by atoms with E-state index in [0.717, 1.165) is 6.42 Å². The van der Waals surface area contributed by atoms with Gasteiger partial charge < -0.3 is 0 Å². The summed E-state index contributed by atoms with van der Waals surface area (Å²) in [5.74, 6) is 1.70. The number of rotatable bonds is 2. The van der Waals surface area contributed by atoms with Gasteiger partial charge in [-0.05, 0) is 16.7 Å². The van der Waals surface area contributed by atoms with Crippen LogP contribution >= 0.6 is 0 Å². The molecule has 0 fully saturated rings. The molecule has 1 aliphatic carbocycles. The third-order valence-electron chi connectivity index (χ3n) is 6.92. The molecule has 2 heteroatoms. The molecule has 2 unspecified atom stereocenters. The van der Waals surface area contributed by atoms with Crippen LogP contribution in [0.15, 0.2) is 97.3 Å². The van der Waals surface area contributed by atoms with E-state index in [1.165, 1.54) is 28.1 Å². The minimum absolute atomic E-state index is 0.0619. The van der Waals surface area contributed by atoms with E-state index in [9.17, 15) is 0 Å². The standard InChI is InChI=1S/C26H23N2/c1-27-16-17-28-23-18-26(19-10-4-2-5-11-19,20-12-6-3-7-13-20)24(25(27)28)22-15-9-8-14-21(22)23/h2-17,23-24H,18H2,1H3/q+1. The van der Waals surface area contributed by atoms with E-state index in [2.05, 4.69) is 114 Å². The Morgan fingerprint density at radius 1 is 0.786 bits per heavy atom. The molecule has 2 nitrogen and oxygen atoms in total. The summed E-state index contributed by atoms with van der Waals surface area (Å²) in [6.07, 6.45) is 5.57. The molecule has 0 saturated carbocycles. The second-order valence-corrected chi connectivity index (χ2v) is 8.16. The van der Waals surface area contributed by atoms with Gasteiger partial charge in [0.1, 0.15) is 18.4 Å². The summed E-state index contributed by atoms with van der Waals surface area (Å²) in [6.45, 7) is 0. The van der Waals surface area contributed by atoms with Gasteiger partial charge in [-0.1, -0.05) is 84.9 Å². The van der Waals surface area contributed by atoms with Crippen LogP contribution in [0.3, 0.4) is 0 Å². The molecule has 2 aliphatic heterocycles. The van der Waals surface area contributed by atoms with Crippen molar-refractivity contribution in [3.63, 3.8) is 0 Å². The molecular formula is C26H23N2+. The Kier molecular flexibility index (Phi) is 3.22. The summed E-state index contributed by atoms with van der Waals surface area (Å²) < 4.78 is 4.84. The lowest BCUT2D eigenvalue weighted by molar-refractivity contribution is -0.681. The average Bonchev–Trinajstić information content (AvgIpc) is 3.17. The molecule has 2 atom stereocenters. The molecule has 0 amide bonds. The number of fused-ring (bicyclic) bond motifs is 1. The Morgan fingerprint density at radius 2 is 1.36 bits per heavy atom. The number of benzene rings is 3. The van der Waals surface area contributed by atoms with Crippen molar-refractivity contribution in [1.29, 1.82) is 0 Å². The Morgan fingerprint density at radius 3 is 2.00 bits per heavy atom. The van der Waals surface area contributed by atoms with Gasteiger partial charge in [0.25, 0.3) is 5.82 Å². The molecule has 1 aromatic heterocycles. The van der Waals surface area contributed by atoms with Crippen LogP contribution in [0.25, 0.3) is 0 Å². The zero-order valence-electron chi connectivity index (χ0n) is 16.0. The molecule has 3 heterocycles. The molecule has 3 aromatic carbocycles. The first-order valence-electron chi connectivity index (χ1n) is 10.1. The van der Waals surface area contributed by atoms with Gasteiger partial charge in [0.15, 0.2) is 0 Å². The van der Waals surface area contributed by atoms with Crippen molar-refractivity contribution >= 4 is 0 Å². The van der Waals surface area contributed by atoms with Gasteiger partial charge in [0.2, 0.25) is 0 Å². The highest BCUT2D eigenvalue weighted by Crippen LogP contribution is 2.61. The summed E-state index contributed by atoms with van der Waals surface area (Å²) in [7, 11) is 2.19. The number of imidazole rings is 1. The zero-order valence-corrected chi connectivity index (χ0v) is 16.0. The summed E-state index contributed by atoms with van der Waals surface area (Å²) in [5, 5.41) is 0. The van der Waals surface area contributed by atoms with Crippen molar-refractivity contribution in [2.45, 2.75) is 23.8 Å². The fraction of sp³-hybridized carbons (Fsp3) is 0.192. The fourth-order valence-corrected chi connectivity index (χ4v) is 5.81. The highest BCUT2D eigenvalue weighted by molar-refractivity contribution is 5.55. The number of aryl methyl sites for hydroxylation is 1. The lowest BCUT2D eigenvalue weighted by atomic mass is 9.54. The molecule has 0 radical (unpaired) electrons. The first-order valence-corrected chi connectivity index (χ1v) is 10.1. The SMILES string of the molecule is C[n+]1ccn2c1C1c3ccccc3C2CC1(c1ccccc1)c1ccccc1. The third kappa shape index (κ3) is 1.90. The van der Waals surface area contributed by atoms with E-state index < -0.39 is 0 Å².